The second-order valence-electron chi connectivity index (χ2n) is 6.85. The molecule has 0 unspecified atom stereocenters. The van der Waals surface area contributed by atoms with Gasteiger partial charge in [0.25, 0.3) is 5.91 Å². The Balaban J connectivity index is 2.08. The van der Waals surface area contributed by atoms with Gasteiger partial charge in [-0.1, -0.05) is 17.5 Å². The predicted octanol–water partition coefficient (Wildman–Crippen LogP) is 4.50. The number of amides is 1. The van der Waals surface area contributed by atoms with Gasteiger partial charge in [-0.25, -0.2) is 0 Å². The first-order valence-electron chi connectivity index (χ1n) is 10.0. The summed E-state index contributed by atoms with van der Waals surface area (Å²) in [7, 11) is 1.27. The molecule has 0 atom stereocenters. The first kappa shape index (κ1) is 25.8. The van der Waals surface area contributed by atoms with Crippen LogP contribution in [0.15, 0.2) is 42.1 Å². The molecule has 2 aromatic carbocycles. The largest absolute Gasteiger partial charge is 0.490 e. The van der Waals surface area contributed by atoms with Crippen molar-refractivity contribution >= 4 is 75.2 Å². The van der Waals surface area contributed by atoms with Gasteiger partial charge in [-0.3, -0.25) is 14.5 Å². The maximum absolute atomic E-state index is 13.5. The fraction of sp³-hybridized carbons (Fsp3) is 0.208. The smallest absolute Gasteiger partial charge is 0.325 e. The van der Waals surface area contributed by atoms with Gasteiger partial charge in [0.1, 0.15) is 18.8 Å². The van der Waals surface area contributed by atoms with Crippen LogP contribution in [0.5, 0.6) is 11.5 Å². The molecule has 10 heteroatoms. The third-order valence-corrected chi connectivity index (χ3v) is 6.13. The Kier molecular flexibility index (Phi) is 8.77. The third-order valence-electron chi connectivity index (χ3n) is 4.67. The van der Waals surface area contributed by atoms with Gasteiger partial charge in [-0.15, -0.1) is 6.42 Å². The number of terminal acetylenes is 1. The molecular weight excluding hydrogens is 591 g/mol. The van der Waals surface area contributed by atoms with E-state index in [4.69, 9.17) is 44.5 Å². The van der Waals surface area contributed by atoms with Crippen molar-refractivity contribution in [2.75, 3.05) is 31.8 Å². The molecule has 3 rings (SSSR count). The summed E-state index contributed by atoms with van der Waals surface area (Å²) >= 11 is 13.7. The molecule has 0 aromatic heterocycles. The number of carbonyl (C=O) groups excluding carboxylic acids is 2. The number of anilines is 1. The van der Waals surface area contributed by atoms with Crippen molar-refractivity contribution in [3.8, 4) is 23.8 Å². The zero-order valence-electron chi connectivity index (χ0n) is 18.3. The van der Waals surface area contributed by atoms with Crippen LogP contribution in [-0.2, 0) is 14.3 Å². The van der Waals surface area contributed by atoms with Crippen molar-refractivity contribution in [1.29, 1.82) is 0 Å². The number of halogens is 2. The minimum absolute atomic E-state index is 0.0895. The maximum Gasteiger partial charge on any atom is 0.325 e. The Morgan fingerprint density at radius 2 is 1.97 bits per heavy atom. The summed E-state index contributed by atoms with van der Waals surface area (Å²) < 4.78 is 16.9. The molecule has 2 aromatic rings. The van der Waals surface area contributed by atoms with E-state index in [0.717, 1.165) is 3.57 Å². The Morgan fingerprint density at radius 3 is 2.59 bits per heavy atom. The number of carbonyl (C=O) groups is 2. The standard InChI is InChI=1S/C24H20ClIN2O5S/c1-4-10-33-22-18(26)11-15(13-20(22)32-5-2)12-19-23(30)28(17-8-6-16(25)7-9-17)24(34)27(19)14-21(29)31-3/h1,6-9,11-13H,5,10,14H2,2-3H3/b19-12-. The molecule has 1 saturated heterocycles. The number of methoxy groups -OCH3 is 1. The highest BCUT2D eigenvalue weighted by molar-refractivity contribution is 14.1. The number of rotatable bonds is 8. The van der Waals surface area contributed by atoms with Crippen molar-refractivity contribution in [1.82, 2.24) is 4.90 Å². The predicted molar refractivity (Wildman–Crippen MR) is 143 cm³/mol. The maximum atomic E-state index is 13.5. The van der Waals surface area contributed by atoms with Gasteiger partial charge >= 0.3 is 5.97 Å². The molecule has 7 nitrogen and oxygen atoms in total. The zero-order chi connectivity index (χ0) is 24.8. The second kappa shape index (κ2) is 11.6. The molecule has 34 heavy (non-hydrogen) atoms. The van der Waals surface area contributed by atoms with Crippen molar-refractivity contribution in [2.24, 2.45) is 0 Å². The van der Waals surface area contributed by atoms with E-state index in [-0.39, 0.29) is 24.0 Å². The molecule has 0 spiro atoms. The molecule has 1 aliphatic heterocycles. The highest BCUT2D eigenvalue weighted by Gasteiger charge is 2.40. The van der Waals surface area contributed by atoms with Crippen LogP contribution < -0.4 is 14.4 Å². The average Bonchev–Trinajstić information content (AvgIpc) is 3.03. The van der Waals surface area contributed by atoms with Gasteiger partial charge in [0.15, 0.2) is 16.6 Å². The molecule has 0 bridgehead atoms. The van der Waals surface area contributed by atoms with E-state index >= 15 is 0 Å². The molecule has 176 valence electrons. The molecule has 0 N–H and O–H groups in total. The summed E-state index contributed by atoms with van der Waals surface area (Å²) in [4.78, 5) is 28.3. The quantitative estimate of drug-likeness (QED) is 0.143. The monoisotopic (exact) mass is 610 g/mol. The summed E-state index contributed by atoms with van der Waals surface area (Å²) in [5.41, 5.74) is 1.39. The molecular formula is C24H20ClIN2O5S. The van der Waals surface area contributed by atoms with E-state index in [1.165, 1.54) is 16.9 Å². The summed E-state index contributed by atoms with van der Waals surface area (Å²) in [5, 5.41) is 0.673. The third kappa shape index (κ3) is 5.63. The molecule has 0 saturated carbocycles. The lowest BCUT2D eigenvalue weighted by atomic mass is 10.1. The summed E-state index contributed by atoms with van der Waals surface area (Å²) in [6.07, 6.45) is 6.96. The summed E-state index contributed by atoms with van der Waals surface area (Å²) in [5.74, 6) is 2.51. The normalized spacial score (nSPS) is 14.4. The van der Waals surface area contributed by atoms with Crippen LogP contribution in [0.25, 0.3) is 6.08 Å². The first-order chi connectivity index (χ1) is 16.3. The second-order valence-corrected chi connectivity index (χ2v) is 8.81. The lowest BCUT2D eigenvalue weighted by Gasteiger charge is -2.19. The van der Waals surface area contributed by atoms with Crippen molar-refractivity contribution in [3.63, 3.8) is 0 Å². The number of nitrogens with zero attached hydrogens (tertiary/aromatic N) is 2. The van der Waals surface area contributed by atoms with Crippen LogP contribution in [0, 0.1) is 15.9 Å². The number of esters is 1. The fourth-order valence-corrected chi connectivity index (χ4v) is 4.45. The Hall–Kier alpha value is -2.81. The lowest BCUT2D eigenvalue weighted by molar-refractivity contribution is -0.140. The lowest BCUT2D eigenvalue weighted by Crippen LogP contribution is -2.35. The van der Waals surface area contributed by atoms with E-state index in [1.54, 1.807) is 36.4 Å². The van der Waals surface area contributed by atoms with E-state index in [0.29, 0.717) is 34.4 Å². The zero-order valence-corrected chi connectivity index (χ0v) is 22.1. The molecule has 1 heterocycles. The van der Waals surface area contributed by atoms with Crippen molar-refractivity contribution < 1.29 is 23.8 Å². The van der Waals surface area contributed by atoms with Crippen LogP contribution in [0.1, 0.15) is 12.5 Å². The fourth-order valence-electron chi connectivity index (χ4n) is 3.19. The summed E-state index contributed by atoms with van der Waals surface area (Å²) in [6.45, 7) is 2.12. The first-order valence-corrected chi connectivity index (χ1v) is 11.9. The highest BCUT2D eigenvalue weighted by atomic mass is 127. The van der Waals surface area contributed by atoms with Crippen LogP contribution in [-0.4, -0.2) is 48.8 Å². The summed E-state index contributed by atoms with van der Waals surface area (Å²) in [6, 6.07) is 10.2. The molecule has 1 aliphatic rings. The SMILES string of the molecule is C#CCOc1c(I)cc(/C=C2/C(=O)N(c3ccc(Cl)cc3)C(=S)N2CC(=O)OC)cc1OCC. The van der Waals surface area contributed by atoms with Gasteiger partial charge < -0.3 is 19.1 Å². The number of hydrogen-bond acceptors (Lipinski definition) is 6. The minimum Gasteiger partial charge on any atom is -0.490 e. The molecule has 0 aliphatic carbocycles. The van der Waals surface area contributed by atoms with E-state index in [1.807, 2.05) is 13.0 Å². The van der Waals surface area contributed by atoms with E-state index in [9.17, 15) is 9.59 Å². The van der Waals surface area contributed by atoms with Crippen LogP contribution in [0.4, 0.5) is 5.69 Å². The van der Waals surface area contributed by atoms with Crippen LogP contribution in [0.3, 0.4) is 0 Å². The van der Waals surface area contributed by atoms with Crippen LogP contribution in [0.2, 0.25) is 5.02 Å². The molecule has 1 fully saturated rings. The van der Waals surface area contributed by atoms with Gasteiger partial charge in [-0.2, -0.15) is 0 Å². The Bertz CT molecular complexity index is 1190. The van der Waals surface area contributed by atoms with E-state index < -0.39 is 11.9 Å². The average molecular weight is 611 g/mol. The number of thiocarbonyl (C=S) groups is 1. The molecule has 0 radical (unpaired) electrons. The molecule has 1 amide bonds. The van der Waals surface area contributed by atoms with Gasteiger partial charge in [0, 0.05) is 5.02 Å². The van der Waals surface area contributed by atoms with E-state index in [2.05, 4.69) is 28.5 Å². The number of hydrogen-bond donors (Lipinski definition) is 0. The Morgan fingerprint density at radius 1 is 1.26 bits per heavy atom. The van der Waals surface area contributed by atoms with Gasteiger partial charge in [0.05, 0.1) is 23.0 Å². The number of ether oxygens (including phenoxy) is 3. The highest BCUT2D eigenvalue weighted by Crippen LogP contribution is 2.36. The minimum atomic E-state index is -0.540. The van der Waals surface area contributed by atoms with Gasteiger partial charge in [-0.05, 0) is 89.8 Å². The van der Waals surface area contributed by atoms with Crippen LogP contribution >= 0.6 is 46.4 Å². The topological polar surface area (TPSA) is 68.3 Å². The Labute approximate surface area is 221 Å². The van der Waals surface area contributed by atoms with Crippen molar-refractivity contribution in [2.45, 2.75) is 6.92 Å². The number of benzene rings is 2. The van der Waals surface area contributed by atoms with Crippen molar-refractivity contribution in [3.05, 3.63) is 56.3 Å². The van der Waals surface area contributed by atoms with Gasteiger partial charge in [0.2, 0.25) is 0 Å².